The molecule has 3 rings (SSSR count). The fourth-order valence-corrected chi connectivity index (χ4v) is 3.71. The second-order valence-corrected chi connectivity index (χ2v) is 7.82. The number of hydrogen-bond acceptors (Lipinski definition) is 4. The van der Waals surface area contributed by atoms with E-state index in [1.165, 1.54) is 6.07 Å². The van der Waals surface area contributed by atoms with E-state index >= 15 is 0 Å². The Morgan fingerprint density at radius 1 is 1.26 bits per heavy atom. The van der Waals surface area contributed by atoms with E-state index in [1.54, 1.807) is 19.1 Å². The lowest BCUT2D eigenvalue weighted by atomic mass is 9.99. The number of carboxylic acid groups (broad SMARTS) is 1. The lowest BCUT2D eigenvalue weighted by Crippen LogP contribution is -2.32. The Morgan fingerprint density at radius 2 is 2.03 bits per heavy atom. The molecular weight excluding hydrogens is 421 g/mol. The SMILES string of the molecule is CCOC(Cc1ccc(OCCN2CC=C(c3ccc(Cl)cc3F)CC2)cc1)C(=O)O. The molecule has 0 aromatic heterocycles. The minimum absolute atomic E-state index is 0.282. The van der Waals surface area contributed by atoms with Gasteiger partial charge in [-0.15, -0.1) is 0 Å². The van der Waals surface area contributed by atoms with Crippen LogP contribution in [0.25, 0.3) is 5.57 Å². The molecule has 0 spiro atoms. The summed E-state index contributed by atoms with van der Waals surface area (Å²) in [5, 5.41) is 9.59. The van der Waals surface area contributed by atoms with Gasteiger partial charge in [-0.1, -0.05) is 35.9 Å². The average molecular weight is 448 g/mol. The Morgan fingerprint density at radius 3 is 2.65 bits per heavy atom. The van der Waals surface area contributed by atoms with E-state index in [2.05, 4.69) is 11.0 Å². The smallest absolute Gasteiger partial charge is 0.333 e. The maximum atomic E-state index is 14.1. The molecule has 2 aromatic carbocycles. The van der Waals surface area contributed by atoms with Crippen LogP contribution in [0.3, 0.4) is 0 Å². The number of ether oxygens (including phenoxy) is 2. The van der Waals surface area contributed by atoms with Crippen LogP contribution in [0.15, 0.2) is 48.5 Å². The van der Waals surface area contributed by atoms with Gasteiger partial charge in [0.1, 0.15) is 18.2 Å². The van der Waals surface area contributed by atoms with Gasteiger partial charge in [0.25, 0.3) is 0 Å². The number of hydrogen-bond donors (Lipinski definition) is 1. The molecule has 1 heterocycles. The van der Waals surface area contributed by atoms with Crippen LogP contribution in [0.2, 0.25) is 5.02 Å². The van der Waals surface area contributed by atoms with E-state index in [-0.39, 0.29) is 5.82 Å². The lowest BCUT2D eigenvalue weighted by molar-refractivity contribution is -0.149. The van der Waals surface area contributed by atoms with Crippen LogP contribution in [0.5, 0.6) is 5.75 Å². The monoisotopic (exact) mass is 447 g/mol. The van der Waals surface area contributed by atoms with Gasteiger partial charge >= 0.3 is 5.97 Å². The van der Waals surface area contributed by atoms with E-state index in [0.29, 0.717) is 30.2 Å². The number of halogens is 2. The number of aliphatic carboxylic acids is 1. The number of rotatable bonds is 10. The van der Waals surface area contributed by atoms with Crippen molar-refractivity contribution in [2.75, 3.05) is 32.8 Å². The van der Waals surface area contributed by atoms with Crippen molar-refractivity contribution in [3.63, 3.8) is 0 Å². The summed E-state index contributed by atoms with van der Waals surface area (Å²) in [6, 6.07) is 12.2. The van der Waals surface area contributed by atoms with Crippen LogP contribution in [-0.4, -0.2) is 54.9 Å². The molecule has 1 aliphatic heterocycles. The third kappa shape index (κ3) is 6.79. The zero-order valence-electron chi connectivity index (χ0n) is 17.5. The highest BCUT2D eigenvalue weighted by Crippen LogP contribution is 2.26. The van der Waals surface area contributed by atoms with E-state index in [4.69, 9.17) is 21.1 Å². The van der Waals surface area contributed by atoms with E-state index < -0.39 is 12.1 Å². The molecule has 0 fully saturated rings. The van der Waals surface area contributed by atoms with Gasteiger partial charge in [0.05, 0.1) is 0 Å². The van der Waals surface area contributed by atoms with Crippen molar-refractivity contribution in [2.45, 2.75) is 25.9 Å². The average Bonchev–Trinajstić information content (AvgIpc) is 2.75. The summed E-state index contributed by atoms with van der Waals surface area (Å²) in [4.78, 5) is 13.5. The fraction of sp³-hybridized carbons (Fsp3) is 0.375. The molecular formula is C24H27ClFNO4. The summed E-state index contributed by atoms with van der Waals surface area (Å²) in [7, 11) is 0. The first kappa shape index (κ1) is 23.3. The standard InChI is InChI=1S/C24H27ClFNO4/c1-2-30-23(24(28)29)15-17-3-6-20(7-4-17)31-14-13-27-11-9-18(10-12-27)21-8-5-19(25)16-22(21)26/h3-9,16,23H,2,10-15H2,1H3,(H,28,29). The Hall–Kier alpha value is -2.41. The van der Waals surface area contributed by atoms with Crippen LogP contribution in [-0.2, 0) is 16.0 Å². The maximum Gasteiger partial charge on any atom is 0.333 e. The molecule has 2 aromatic rings. The number of nitrogens with zero attached hydrogens (tertiary/aromatic N) is 1. The van der Waals surface area contributed by atoms with E-state index in [1.807, 2.05) is 24.3 Å². The molecule has 1 aliphatic rings. The van der Waals surface area contributed by atoms with Gasteiger partial charge in [-0.05, 0) is 48.7 Å². The predicted molar refractivity (Wildman–Crippen MR) is 119 cm³/mol. The number of carboxylic acids is 1. The first-order valence-corrected chi connectivity index (χ1v) is 10.8. The van der Waals surface area contributed by atoms with Gasteiger partial charge in [-0.25, -0.2) is 9.18 Å². The van der Waals surface area contributed by atoms with Gasteiger partial charge in [0.2, 0.25) is 0 Å². The largest absolute Gasteiger partial charge is 0.492 e. The Labute approximate surface area is 187 Å². The second-order valence-electron chi connectivity index (χ2n) is 7.38. The lowest BCUT2D eigenvalue weighted by Gasteiger charge is -2.26. The molecule has 0 saturated carbocycles. The Kier molecular flexibility index (Phi) is 8.46. The normalized spacial score (nSPS) is 15.4. The van der Waals surface area contributed by atoms with Gasteiger partial charge < -0.3 is 14.6 Å². The minimum Gasteiger partial charge on any atom is -0.492 e. The van der Waals surface area contributed by atoms with Gasteiger partial charge in [-0.2, -0.15) is 0 Å². The molecule has 31 heavy (non-hydrogen) atoms. The molecule has 7 heteroatoms. The Bertz CT molecular complexity index is 916. The van der Waals surface area contributed by atoms with Crippen LogP contribution >= 0.6 is 11.6 Å². The number of benzene rings is 2. The molecule has 1 atom stereocenters. The highest BCUT2D eigenvalue weighted by atomic mass is 35.5. The third-order valence-corrected chi connectivity index (χ3v) is 5.47. The van der Waals surface area contributed by atoms with E-state index in [9.17, 15) is 14.3 Å². The molecule has 0 bridgehead atoms. The summed E-state index contributed by atoms with van der Waals surface area (Å²) in [6.07, 6.45) is 2.31. The zero-order chi connectivity index (χ0) is 22.2. The predicted octanol–water partition coefficient (Wildman–Crippen LogP) is 4.68. The molecule has 5 nitrogen and oxygen atoms in total. The van der Waals surface area contributed by atoms with Crippen molar-refractivity contribution < 1.29 is 23.8 Å². The van der Waals surface area contributed by atoms with Crippen LogP contribution < -0.4 is 4.74 Å². The maximum absolute atomic E-state index is 14.1. The second kappa shape index (κ2) is 11.3. The molecule has 1 N–H and O–H groups in total. The topological polar surface area (TPSA) is 59.0 Å². The molecule has 0 saturated heterocycles. The molecule has 0 radical (unpaired) electrons. The first-order chi connectivity index (χ1) is 15.0. The third-order valence-electron chi connectivity index (χ3n) is 5.23. The minimum atomic E-state index is -0.959. The summed E-state index contributed by atoms with van der Waals surface area (Å²) >= 11 is 5.83. The summed E-state index contributed by atoms with van der Waals surface area (Å²) in [6.45, 7) is 5.02. The summed E-state index contributed by atoms with van der Waals surface area (Å²) < 4.78 is 25.2. The first-order valence-electron chi connectivity index (χ1n) is 10.4. The summed E-state index contributed by atoms with van der Waals surface area (Å²) in [5.41, 5.74) is 2.51. The molecule has 0 aliphatic carbocycles. The zero-order valence-corrected chi connectivity index (χ0v) is 18.3. The van der Waals surface area contributed by atoms with Gasteiger partial charge in [0.15, 0.2) is 6.10 Å². The van der Waals surface area contributed by atoms with Crippen LogP contribution in [0.1, 0.15) is 24.5 Å². The van der Waals surface area contributed by atoms with Crippen molar-refractivity contribution in [3.8, 4) is 5.75 Å². The van der Waals surface area contributed by atoms with Crippen molar-refractivity contribution in [1.82, 2.24) is 4.90 Å². The Balaban J connectivity index is 1.44. The summed E-state index contributed by atoms with van der Waals surface area (Å²) in [5.74, 6) is -0.502. The van der Waals surface area contributed by atoms with Crippen molar-refractivity contribution >= 4 is 23.1 Å². The van der Waals surface area contributed by atoms with Gasteiger partial charge in [0, 0.05) is 43.2 Å². The highest BCUT2D eigenvalue weighted by Gasteiger charge is 2.18. The molecule has 1 unspecified atom stereocenters. The van der Waals surface area contributed by atoms with Crippen LogP contribution in [0, 0.1) is 5.82 Å². The van der Waals surface area contributed by atoms with Crippen molar-refractivity contribution in [3.05, 3.63) is 70.5 Å². The van der Waals surface area contributed by atoms with Crippen molar-refractivity contribution in [2.24, 2.45) is 0 Å². The van der Waals surface area contributed by atoms with Gasteiger partial charge in [-0.3, -0.25) is 4.90 Å². The van der Waals surface area contributed by atoms with Crippen molar-refractivity contribution in [1.29, 1.82) is 0 Å². The van der Waals surface area contributed by atoms with Crippen LogP contribution in [0.4, 0.5) is 4.39 Å². The quantitative estimate of drug-likeness (QED) is 0.573. The highest BCUT2D eigenvalue weighted by molar-refractivity contribution is 6.30. The number of carbonyl (C=O) groups is 1. The fourth-order valence-electron chi connectivity index (χ4n) is 3.56. The molecule has 0 amide bonds. The van der Waals surface area contributed by atoms with E-state index in [0.717, 1.165) is 42.9 Å². The molecule has 166 valence electrons.